The number of hydrogen-bond donors (Lipinski definition) is 0. The van der Waals surface area contributed by atoms with E-state index in [-0.39, 0.29) is 96.9 Å². The van der Waals surface area contributed by atoms with Gasteiger partial charge in [0.1, 0.15) is 28.0 Å². The molecule has 115 heavy (non-hydrogen) atoms. The molecule has 0 heterocycles. The standard InChI is InChI=1S/C22H34O4.C17H28O4.C16H28O4.2C15H26O4.5C2H6/c1-5-21(3,4)20(24)25-12-17(23)26-22(6-2)11-15-10-16(22)19-14-8-7-13(9-14)18(15)19;1-5-16(3,4)15(19)20-11-14(18)21-17(6-2)10-12-7-8-13(17)9-12;1-5-15(3,4)14(18)19-12-13(17)20-16(6-2)10-8-7-9-11-16;1-5-14(2,3)13(17)18-11-12(16)19-15(4)9-7-6-8-10-15;1-5-14(3,4)13(17)18-11-12(16)19-15(6-2)9-7-8-10-15;5*1-2/h13-16,18-19H,5-12H2,1-4H3;12-13H,5-11H2,1-4H3;5-12H2,1-4H3;2*5-11H2,1-4H3;5*1-2H3. The van der Waals surface area contributed by atoms with E-state index < -0.39 is 51.0 Å². The highest BCUT2D eigenvalue weighted by Crippen LogP contribution is 2.71. The maximum Gasteiger partial charge on any atom is 0.344 e. The molecule has 0 amide bonds. The summed E-state index contributed by atoms with van der Waals surface area (Å²) in [5.74, 6) is 2.26. The van der Waals surface area contributed by atoms with Gasteiger partial charge in [0.05, 0.1) is 27.1 Å². The van der Waals surface area contributed by atoms with Gasteiger partial charge in [0.25, 0.3) is 0 Å². The fourth-order valence-electron chi connectivity index (χ4n) is 17.7. The lowest BCUT2D eigenvalue weighted by Gasteiger charge is -2.45. The third-order valence-corrected chi connectivity index (χ3v) is 26.9. The number of carbonyl (C=O) groups excluding carboxylic acids is 10. The quantitative estimate of drug-likeness (QED) is 0.0383. The monoisotopic (exact) mass is 1630 g/mol. The molecule has 20 nitrogen and oxygen atoms in total. The second-order valence-electron chi connectivity index (χ2n) is 36.0. The van der Waals surface area contributed by atoms with Crippen LogP contribution in [0.1, 0.15) is 413 Å². The van der Waals surface area contributed by atoms with Gasteiger partial charge in [-0.25, -0.2) is 24.0 Å². The van der Waals surface area contributed by atoms with Gasteiger partial charge < -0.3 is 47.4 Å². The van der Waals surface area contributed by atoms with Gasteiger partial charge >= 0.3 is 59.7 Å². The van der Waals surface area contributed by atoms with Crippen molar-refractivity contribution in [3.8, 4) is 0 Å². The van der Waals surface area contributed by atoms with Gasteiger partial charge in [0, 0.05) is 5.92 Å². The molecule has 672 valence electrons. The first kappa shape index (κ1) is 110. The van der Waals surface area contributed by atoms with Crippen LogP contribution in [0.4, 0.5) is 0 Å². The first-order valence-corrected chi connectivity index (χ1v) is 46.1. The molecular weight excluding hydrogens is 1460 g/mol. The van der Waals surface area contributed by atoms with Crippen LogP contribution >= 0.6 is 0 Å². The molecular formula is C95H172O20. The topological polar surface area (TPSA) is 263 Å². The van der Waals surface area contributed by atoms with Gasteiger partial charge in [-0.05, 0) is 310 Å². The van der Waals surface area contributed by atoms with Crippen molar-refractivity contribution in [2.24, 2.45) is 74.4 Å². The maximum absolute atomic E-state index is 12.5. The Balaban J connectivity index is 0.00000138. The third kappa shape index (κ3) is 32.6. The van der Waals surface area contributed by atoms with E-state index in [2.05, 4.69) is 13.8 Å². The molecule has 0 radical (unpaired) electrons. The molecule has 0 aromatic carbocycles. The third-order valence-electron chi connectivity index (χ3n) is 26.9. The summed E-state index contributed by atoms with van der Waals surface area (Å²) in [6.45, 7) is 56.8. The Kier molecular flexibility index (Phi) is 49.6. The number of fused-ring (bicyclic) bond motifs is 11. The molecule has 9 saturated carbocycles. The van der Waals surface area contributed by atoms with Gasteiger partial charge in [-0.2, -0.15) is 0 Å². The van der Waals surface area contributed by atoms with Gasteiger partial charge in [0.2, 0.25) is 0 Å². The van der Waals surface area contributed by atoms with Crippen molar-refractivity contribution in [1.29, 1.82) is 0 Å². The first-order valence-electron chi connectivity index (χ1n) is 46.1. The van der Waals surface area contributed by atoms with Crippen LogP contribution in [-0.4, -0.2) is 121 Å². The molecule has 0 saturated heterocycles. The van der Waals surface area contributed by atoms with Crippen LogP contribution in [0.5, 0.6) is 0 Å². The summed E-state index contributed by atoms with van der Waals surface area (Å²) >= 11 is 0. The van der Waals surface area contributed by atoms with Crippen molar-refractivity contribution in [3.63, 3.8) is 0 Å². The molecule has 10 unspecified atom stereocenters. The van der Waals surface area contributed by atoms with E-state index >= 15 is 0 Å². The number of hydrogen-bond acceptors (Lipinski definition) is 20. The van der Waals surface area contributed by atoms with Crippen molar-refractivity contribution < 1.29 is 95.3 Å². The average molecular weight is 1630 g/mol. The zero-order valence-corrected chi connectivity index (χ0v) is 78.9. The van der Waals surface area contributed by atoms with E-state index in [4.69, 9.17) is 47.4 Å². The number of rotatable bonds is 29. The van der Waals surface area contributed by atoms with Gasteiger partial charge in [-0.1, -0.05) is 144 Å². The molecule has 0 aromatic rings. The second kappa shape index (κ2) is 52.0. The molecule has 20 heteroatoms. The summed E-state index contributed by atoms with van der Waals surface area (Å²) in [5.41, 5.74) is -4.36. The minimum Gasteiger partial charge on any atom is -0.457 e. The fourth-order valence-corrected chi connectivity index (χ4v) is 17.7. The molecule has 9 aliphatic rings. The maximum atomic E-state index is 12.5. The minimum absolute atomic E-state index is 0.248. The highest BCUT2D eigenvalue weighted by molar-refractivity contribution is 5.83. The highest BCUT2D eigenvalue weighted by atomic mass is 16.6. The lowest BCUT2D eigenvalue weighted by atomic mass is 9.65. The molecule has 0 aliphatic heterocycles. The summed E-state index contributed by atoms with van der Waals surface area (Å²) in [6.07, 6.45) is 32.4. The average Bonchev–Trinajstić information content (AvgIpc) is 1.53. The second-order valence-corrected chi connectivity index (χ2v) is 36.0. The number of ether oxygens (including phenoxy) is 10. The molecule has 9 fully saturated rings. The van der Waals surface area contributed by atoms with Gasteiger partial charge in [-0.15, -0.1) is 0 Å². The van der Waals surface area contributed by atoms with Crippen LogP contribution in [0.15, 0.2) is 0 Å². The smallest absolute Gasteiger partial charge is 0.344 e. The van der Waals surface area contributed by atoms with E-state index in [1.54, 1.807) is 0 Å². The summed E-state index contributed by atoms with van der Waals surface area (Å²) < 4.78 is 54.0. The van der Waals surface area contributed by atoms with E-state index in [0.29, 0.717) is 49.9 Å². The van der Waals surface area contributed by atoms with Gasteiger partial charge in [0.15, 0.2) is 33.0 Å². The normalized spacial score (nSPS) is 24.9. The molecule has 0 aromatic heterocycles. The van der Waals surface area contributed by atoms with Gasteiger partial charge in [-0.3, -0.25) is 24.0 Å². The molecule has 6 bridgehead atoms. The lowest BCUT2D eigenvalue weighted by Crippen LogP contribution is -2.48. The largest absolute Gasteiger partial charge is 0.457 e. The Bertz CT molecular complexity index is 2890. The first-order chi connectivity index (χ1) is 54.1. The molecule has 0 spiro atoms. The van der Waals surface area contributed by atoms with E-state index in [1.165, 1.54) is 51.4 Å². The van der Waals surface area contributed by atoms with Crippen LogP contribution in [0.3, 0.4) is 0 Å². The van der Waals surface area contributed by atoms with Crippen LogP contribution < -0.4 is 0 Å². The Morgan fingerprint density at radius 3 is 0.896 bits per heavy atom. The lowest BCUT2D eigenvalue weighted by molar-refractivity contribution is -0.182. The van der Waals surface area contributed by atoms with Crippen LogP contribution in [0.2, 0.25) is 0 Å². The van der Waals surface area contributed by atoms with Crippen LogP contribution in [0.25, 0.3) is 0 Å². The van der Waals surface area contributed by atoms with Crippen molar-refractivity contribution >= 4 is 59.7 Å². The Labute approximate surface area is 700 Å². The zero-order chi connectivity index (χ0) is 88.6. The predicted molar refractivity (Wildman–Crippen MR) is 457 cm³/mol. The van der Waals surface area contributed by atoms with E-state index in [1.807, 2.05) is 194 Å². The molecule has 10 atom stereocenters. The Hall–Kier alpha value is -5.30. The van der Waals surface area contributed by atoms with Crippen molar-refractivity contribution in [2.45, 2.75) is 441 Å². The summed E-state index contributed by atoms with van der Waals surface area (Å²) in [4.78, 5) is 119. The zero-order valence-electron chi connectivity index (χ0n) is 78.9. The minimum atomic E-state index is -0.550. The van der Waals surface area contributed by atoms with Crippen molar-refractivity contribution in [2.75, 3.05) is 33.0 Å². The van der Waals surface area contributed by atoms with Crippen molar-refractivity contribution in [1.82, 2.24) is 0 Å². The number of esters is 10. The van der Waals surface area contributed by atoms with E-state index in [9.17, 15) is 47.9 Å². The summed E-state index contributed by atoms with van der Waals surface area (Å²) in [7, 11) is 0. The van der Waals surface area contributed by atoms with Crippen LogP contribution in [0, 0.1) is 74.4 Å². The highest BCUT2D eigenvalue weighted by Gasteiger charge is 2.68. The Morgan fingerprint density at radius 1 is 0.304 bits per heavy atom. The predicted octanol–water partition coefficient (Wildman–Crippen LogP) is 23.1. The van der Waals surface area contributed by atoms with Crippen LogP contribution in [-0.2, 0) is 95.3 Å². The fraction of sp³-hybridized carbons (Fsp3) is 0.895. The SMILES string of the molecule is CC.CC.CC.CC.CC.CCC(C)(C)C(=O)OCC(=O)OC1(C)CCCCC1.CCC(C)(C)C(=O)OCC(=O)OC1(CC)CC2CC1C1C3CCC(C3)C21.CCC(C)(C)C(=O)OCC(=O)OC1(CC)CC2CCC1C2.CCC1(OC(=O)COC(=O)C(C)(C)CC)CCCC1.CCC1(OC(=O)COC(=O)C(C)(C)CC)CCCCC1. The van der Waals surface area contributed by atoms with E-state index in [0.717, 1.165) is 152 Å². The molecule has 0 N–H and O–H groups in total. The van der Waals surface area contributed by atoms with Crippen molar-refractivity contribution in [3.05, 3.63) is 0 Å². The number of carbonyl (C=O) groups is 10. The Morgan fingerprint density at radius 2 is 0.600 bits per heavy atom. The molecule has 9 aliphatic carbocycles. The molecule has 9 rings (SSSR count). The summed E-state index contributed by atoms with van der Waals surface area (Å²) in [5, 5.41) is 0. The summed E-state index contributed by atoms with van der Waals surface area (Å²) in [6, 6.07) is 0.